The summed E-state index contributed by atoms with van der Waals surface area (Å²) in [5.41, 5.74) is 1.83. The Morgan fingerprint density at radius 3 is 2.33 bits per heavy atom. The predicted octanol–water partition coefficient (Wildman–Crippen LogP) is 3.67. The molecule has 0 aliphatic rings. The topological polar surface area (TPSA) is 111 Å². The zero-order valence-electron chi connectivity index (χ0n) is 16.5. The Morgan fingerprint density at radius 1 is 1.07 bits per heavy atom. The van der Waals surface area contributed by atoms with Crippen molar-refractivity contribution in [2.24, 2.45) is 0 Å². The Kier molecular flexibility index (Phi) is 6.55. The monoisotopic (exact) mass is 449 g/mol. The first-order valence-electron chi connectivity index (χ1n) is 9.04. The number of carbonyl (C=O) groups is 1. The second-order valence-corrected chi connectivity index (χ2v) is 8.84. The van der Waals surface area contributed by atoms with E-state index >= 15 is 0 Å². The molecule has 0 amide bonds. The first-order chi connectivity index (χ1) is 14.2. The molecule has 3 aromatic rings. The third-order valence-corrected chi connectivity index (χ3v) is 6.00. The molecule has 8 nitrogen and oxygen atoms in total. The molecule has 0 aliphatic heterocycles. The number of benzene rings is 2. The van der Waals surface area contributed by atoms with Gasteiger partial charge in [0, 0.05) is 10.6 Å². The Bertz CT molecular complexity index is 1130. The van der Waals surface area contributed by atoms with E-state index in [4.69, 9.17) is 20.8 Å². The van der Waals surface area contributed by atoms with Crippen molar-refractivity contribution in [2.45, 2.75) is 37.8 Å². The molecule has 2 aromatic carbocycles. The minimum atomic E-state index is -3.92. The number of halogens is 1. The molecule has 1 aromatic heterocycles. The van der Waals surface area contributed by atoms with Crippen LogP contribution in [0.3, 0.4) is 0 Å². The van der Waals surface area contributed by atoms with Crippen LogP contribution in [0.1, 0.15) is 31.4 Å². The molecular formula is C20H20ClN3O5S. The van der Waals surface area contributed by atoms with Crippen LogP contribution >= 0.6 is 11.6 Å². The molecule has 30 heavy (non-hydrogen) atoms. The van der Waals surface area contributed by atoms with E-state index < -0.39 is 28.1 Å². The molecule has 1 N–H and O–H groups in total. The van der Waals surface area contributed by atoms with Gasteiger partial charge < -0.3 is 9.15 Å². The molecule has 0 saturated heterocycles. The van der Waals surface area contributed by atoms with Gasteiger partial charge in [0.2, 0.25) is 15.9 Å². The van der Waals surface area contributed by atoms with Gasteiger partial charge in [-0.25, -0.2) is 8.42 Å². The fourth-order valence-corrected chi connectivity index (χ4v) is 3.82. The normalized spacial score (nSPS) is 13.6. The lowest BCUT2D eigenvalue weighted by atomic mass is 10.1. The van der Waals surface area contributed by atoms with Gasteiger partial charge in [-0.2, -0.15) is 4.72 Å². The van der Waals surface area contributed by atoms with Crippen LogP contribution in [-0.4, -0.2) is 30.6 Å². The largest absolute Gasteiger partial charge is 0.451 e. The molecule has 1 unspecified atom stereocenters. The Hall–Kier alpha value is -2.75. The van der Waals surface area contributed by atoms with E-state index in [-0.39, 0.29) is 10.8 Å². The van der Waals surface area contributed by atoms with E-state index in [2.05, 4.69) is 14.9 Å². The molecular weight excluding hydrogens is 430 g/mol. The van der Waals surface area contributed by atoms with Crippen molar-refractivity contribution in [3.05, 3.63) is 65.0 Å². The van der Waals surface area contributed by atoms with Crippen molar-refractivity contribution < 1.29 is 22.4 Å². The fraction of sp³-hybridized carbons (Fsp3) is 0.250. The van der Waals surface area contributed by atoms with Crippen molar-refractivity contribution >= 4 is 27.6 Å². The summed E-state index contributed by atoms with van der Waals surface area (Å²) in [7, 11) is -3.92. The number of hydrogen-bond acceptors (Lipinski definition) is 7. The summed E-state index contributed by atoms with van der Waals surface area (Å²) in [6.45, 7) is 4.91. The van der Waals surface area contributed by atoms with E-state index in [1.807, 2.05) is 31.2 Å². The highest BCUT2D eigenvalue weighted by molar-refractivity contribution is 7.89. The van der Waals surface area contributed by atoms with Gasteiger partial charge in [0.15, 0.2) is 6.10 Å². The number of ether oxygens (including phenoxy) is 1. The highest BCUT2D eigenvalue weighted by Gasteiger charge is 2.26. The van der Waals surface area contributed by atoms with E-state index in [0.717, 1.165) is 11.1 Å². The molecule has 0 bridgehead atoms. The average Bonchev–Trinajstić information content (AvgIpc) is 3.19. The van der Waals surface area contributed by atoms with Crippen LogP contribution in [-0.2, 0) is 19.6 Å². The van der Waals surface area contributed by atoms with Crippen LogP contribution < -0.4 is 4.72 Å². The molecule has 158 valence electrons. The molecule has 3 rings (SSSR count). The maximum absolute atomic E-state index is 12.4. The van der Waals surface area contributed by atoms with Crippen LogP contribution in [0.15, 0.2) is 57.8 Å². The summed E-state index contributed by atoms with van der Waals surface area (Å²) in [4.78, 5) is 12.3. The molecule has 0 spiro atoms. The molecule has 0 fully saturated rings. The highest BCUT2D eigenvalue weighted by Crippen LogP contribution is 2.23. The van der Waals surface area contributed by atoms with Gasteiger partial charge in [-0.15, -0.1) is 10.2 Å². The molecule has 1 heterocycles. The Balaban J connectivity index is 1.63. The number of aromatic nitrogens is 2. The molecule has 0 saturated carbocycles. The van der Waals surface area contributed by atoms with Crippen LogP contribution in [0.25, 0.3) is 11.5 Å². The van der Waals surface area contributed by atoms with Gasteiger partial charge in [-0.1, -0.05) is 29.3 Å². The van der Waals surface area contributed by atoms with Crippen molar-refractivity contribution in [3.63, 3.8) is 0 Å². The molecule has 0 aliphatic carbocycles. The number of hydrogen-bond donors (Lipinski definition) is 1. The van der Waals surface area contributed by atoms with E-state index in [9.17, 15) is 13.2 Å². The Morgan fingerprint density at radius 2 is 1.70 bits per heavy atom. The van der Waals surface area contributed by atoms with E-state index in [1.165, 1.54) is 31.2 Å². The lowest BCUT2D eigenvalue weighted by Crippen LogP contribution is -2.39. The first kappa shape index (κ1) is 21.9. The summed E-state index contributed by atoms with van der Waals surface area (Å²) in [5, 5.41) is 8.28. The van der Waals surface area contributed by atoms with Gasteiger partial charge in [-0.3, -0.25) is 4.79 Å². The number of rotatable bonds is 7. The number of esters is 1. The molecule has 0 radical (unpaired) electrons. The zero-order valence-corrected chi connectivity index (χ0v) is 18.1. The number of sulfonamides is 1. The summed E-state index contributed by atoms with van der Waals surface area (Å²) in [6, 6.07) is 12.0. The van der Waals surface area contributed by atoms with Gasteiger partial charge in [0.25, 0.3) is 5.89 Å². The van der Waals surface area contributed by atoms with Gasteiger partial charge in [0.05, 0.1) is 4.90 Å². The lowest BCUT2D eigenvalue weighted by Gasteiger charge is -2.16. The second kappa shape index (κ2) is 8.95. The Labute approximate surface area is 179 Å². The SMILES string of the molecule is Cc1ccc(-c2nnc(C(C)OC(=O)[C@H](C)NS(=O)(=O)c3ccc(Cl)cc3)o2)cc1. The third kappa shape index (κ3) is 5.24. The smallest absolute Gasteiger partial charge is 0.324 e. The highest BCUT2D eigenvalue weighted by atomic mass is 35.5. The van der Waals surface area contributed by atoms with Crippen LogP contribution in [0.2, 0.25) is 5.02 Å². The summed E-state index contributed by atoms with van der Waals surface area (Å²) < 4.78 is 37.9. The molecule has 10 heteroatoms. The maximum atomic E-state index is 12.4. The van der Waals surface area contributed by atoms with Crippen molar-refractivity contribution in [1.29, 1.82) is 0 Å². The minimum absolute atomic E-state index is 0.0146. The van der Waals surface area contributed by atoms with Gasteiger partial charge >= 0.3 is 5.97 Å². The minimum Gasteiger partial charge on any atom is -0.451 e. The second-order valence-electron chi connectivity index (χ2n) is 6.69. The van der Waals surface area contributed by atoms with E-state index in [0.29, 0.717) is 10.9 Å². The molecule has 2 atom stereocenters. The van der Waals surface area contributed by atoms with Crippen LogP contribution in [0.4, 0.5) is 0 Å². The fourth-order valence-electron chi connectivity index (χ4n) is 2.50. The maximum Gasteiger partial charge on any atom is 0.324 e. The lowest BCUT2D eigenvalue weighted by molar-refractivity contribution is -0.151. The van der Waals surface area contributed by atoms with Crippen molar-refractivity contribution in [3.8, 4) is 11.5 Å². The number of nitrogens with one attached hydrogen (secondary N) is 1. The van der Waals surface area contributed by atoms with E-state index in [1.54, 1.807) is 6.92 Å². The number of aryl methyl sites for hydroxylation is 1. The standard InChI is InChI=1S/C20H20ClN3O5S/c1-12-4-6-15(7-5-12)19-23-22-18(29-19)14(3)28-20(25)13(2)24-30(26,27)17-10-8-16(21)9-11-17/h4-11,13-14,24H,1-3H3/t13-,14?/m0/s1. The quantitative estimate of drug-likeness (QED) is 0.547. The van der Waals surface area contributed by atoms with Crippen molar-refractivity contribution in [2.75, 3.05) is 0 Å². The number of carbonyl (C=O) groups excluding carboxylic acids is 1. The average molecular weight is 450 g/mol. The van der Waals surface area contributed by atoms with Crippen LogP contribution in [0, 0.1) is 6.92 Å². The third-order valence-electron chi connectivity index (χ3n) is 4.19. The summed E-state index contributed by atoms with van der Waals surface area (Å²) in [6.07, 6.45) is -0.855. The van der Waals surface area contributed by atoms with Crippen molar-refractivity contribution in [1.82, 2.24) is 14.9 Å². The zero-order chi connectivity index (χ0) is 21.9. The number of nitrogens with zero attached hydrogens (tertiary/aromatic N) is 2. The van der Waals surface area contributed by atoms with Crippen LogP contribution in [0.5, 0.6) is 0 Å². The summed E-state index contributed by atoms with van der Waals surface area (Å²) >= 11 is 5.77. The first-order valence-corrected chi connectivity index (χ1v) is 10.9. The summed E-state index contributed by atoms with van der Waals surface area (Å²) in [5.74, 6) is -0.383. The predicted molar refractivity (Wildman–Crippen MR) is 110 cm³/mol. The van der Waals surface area contributed by atoms with Gasteiger partial charge in [0.1, 0.15) is 6.04 Å². The van der Waals surface area contributed by atoms with Gasteiger partial charge in [-0.05, 0) is 57.2 Å².